The Morgan fingerprint density at radius 1 is 1.23 bits per heavy atom. The number of nitrogens with zero attached hydrogens (tertiary/aromatic N) is 1. The van der Waals surface area contributed by atoms with E-state index in [1.807, 2.05) is 44.2 Å². The van der Waals surface area contributed by atoms with Crippen LogP contribution in [0.4, 0.5) is 0 Å². The fourth-order valence-corrected chi connectivity index (χ4v) is 4.80. The lowest BCUT2D eigenvalue weighted by atomic mass is 10.2. The van der Waals surface area contributed by atoms with Gasteiger partial charge in [0.2, 0.25) is 0 Å². The number of thiophene rings is 2. The number of carbonyl (C=O) groups is 1. The molecule has 1 N–H and O–H groups in total. The van der Waals surface area contributed by atoms with Gasteiger partial charge in [-0.15, -0.1) is 22.7 Å². The molecule has 0 aliphatic rings. The van der Waals surface area contributed by atoms with Gasteiger partial charge in [-0.1, -0.05) is 18.2 Å². The van der Waals surface area contributed by atoms with E-state index in [0.717, 1.165) is 20.5 Å². The van der Waals surface area contributed by atoms with Crippen molar-refractivity contribution < 1.29 is 9.53 Å². The van der Waals surface area contributed by atoms with E-state index in [2.05, 4.69) is 9.97 Å². The van der Waals surface area contributed by atoms with Gasteiger partial charge < -0.3 is 9.72 Å². The van der Waals surface area contributed by atoms with Crippen molar-refractivity contribution in [3.63, 3.8) is 0 Å². The molecule has 132 valence electrons. The number of nitrogens with one attached hydrogen (secondary N) is 1. The highest BCUT2D eigenvalue weighted by Crippen LogP contribution is 2.29. The summed E-state index contributed by atoms with van der Waals surface area (Å²) in [7, 11) is 0. The lowest BCUT2D eigenvalue weighted by Crippen LogP contribution is -2.16. The molecular formula is C19H16N2O3S2. The highest BCUT2D eigenvalue weighted by atomic mass is 32.1. The monoisotopic (exact) mass is 384 g/mol. The van der Waals surface area contributed by atoms with E-state index in [0.29, 0.717) is 20.9 Å². The minimum atomic E-state index is -0.646. The number of hydrogen-bond acceptors (Lipinski definition) is 6. The second-order valence-corrected chi connectivity index (χ2v) is 8.40. The van der Waals surface area contributed by atoms with Crippen LogP contribution in [0.5, 0.6) is 0 Å². The molecule has 26 heavy (non-hydrogen) atoms. The number of ether oxygens (including phenoxy) is 1. The van der Waals surface area contributed by atoms with Gasteiger partial charge in [-0.2, -0.15) is 0 Å². The molecule has 4 aromatic rings. The lowest BCUT2D eigenvalue weighted by molar-refractivity contribution is 0.0326. The molecule has 0 amide bonds. The van der Waals surface area contributed by atoms with E-state index in [9.17, 15) is 9.59 Å². The van der Waals surface area contributed by atoms with Crippen molar-refractivity contribution >= 4 is 48.9 Å². The maximum absolute atomic E-state index is 12.5. The zero-order valence-electron chi connectivity index (χ0n) is 14.5. The fourth-order valence-electron chi connectivity index (χ4n) is 2.82. The van der Waals surface area contributed by atoms with Crippen molar-refractivity contribution in [2.75, 3.05) is 0 Å². The van der Waals surface area contributed by atoms with E-state index in [4.69, 9.17) is 4.74 Å². The molecule has 5 nitrogen and oxygen atoms in total. The van der Waals surface area contributed by atoms with Gasteiger partial charge in [-0.25, -0.2) is 9.78 Å². The van der Waals surface area contributed by atoms with Gasteiger partial charge in [0.05, 0.1) is 5.39 Å². The SMILES string of the molecule is Cc1sc2nc([C@H](C)OC(=O)c3cc4ccccc4s3)[nH]c(=O)c2c1C. The molecule has 0 radical (unpaired) electrons. The summed E-state index contributed by atoms with van der Waals surface area (Å²) in [6, 6.07) is 9.61. The Balaban J connectivity index is 1.63. The summed E-state index contributed by atoms with van der Waals surface area (Å²) in [6.07, 6.45) is -0.646. The van der Waals surface area contributed by atoms with Crippen LogP contribution in [0.3, 0.4) is 0 Å². The number of hydrogen-bond donors (Lipinski definition) is 1. The van der Waals surface area contributed by atoms with Crippen molar-refractivity contribution in [3.05, 3.63) is 61.8 Å². The Hall–Kier alpha value is -2.51. The summed E-state index contributed by atoms with van der Waals surface area (Å²) in [5, 5.41) is 1.62. The van der Waals surface area contributed by atoms with Gasteiger partial charge >= 0.3 is 5.97 Å². The number of aromatic nitrogens is 2. The first-order valence-electron chi connectivity index (χ1n) is 8.13. The molecule has 0 unspecified atom stereocenters. The molecule has 0 aliphatic heterocycles. The Bertz CT molecular complexity index is 1170. The Labute approximate surface area is 157 Å². The lowest BCUT2D eigenvalue weighted by Gasteiger charge is -2.11. The predicted molar refractivity (Wildman–Crippen MR) is 105 cm³/mol. The maximum atomic E-state index is 12.5. The van der Waals surface area contributed by atoms with Crippen molar-refractivity contribution in [2.24, 2.45) is 0 Å². The van der Waals surface area contributed by atoms with Crippen molar-refractivity contribution in [1.29, 1.82) is 0 Å². The molecule has 0 aliphatic carbocycles. The third-order valence-corrected chi connectivity index (χ3v) is 6.55. The van der Waals surface area contributed by atoms with E-state index in [1.165, 1.54) is 22.7 Å². The van der Waals surface area contributed by atoms with Crippen LogP contribution >= 0.6 is 22.7 Å². The number of rotatable bonds is 3. The fraction of sp³-hybridized carbons (Fsp3) is 0.211. The standard InChI is InChI=1S/C19H16N2O3S2/c1-9-11(3)25-18-15(9)17(22)20-16(21-18)10(2)24-19(23)14-8-12-6-4-5-7-13(12)26-14/h4-8,10H,1-3H3,(H,20,21,22)/t10-/m0/s1. The van der Waals surface area contributed by atoms with Crippen molar-refractivity contribution in [3.8, 4) is 0 Å². The Morgan fingerprint density at radius 3 is 2.77 bits per heavy atom. The second kappa shape index (κ2) is 6.34. The van der Waals surface area contributed by atoms with Crippen molar-refractivity contribution in [2.45, 2.75) is 26.9 Å². The molecule has 0 fully saturated rings. The van der Waals surface area contributed by atoms with E-state index in [1.54, 1.807) is 6.92 Å². The molecule has 7 heteroatoms. The number of aromatic amines is 1. The van der Waals surface area contributed by atoms with Gasteiger partial charge in [0.15, 0.2) is 11.9 Å². The third kappa shape index (κ3) is 2.83. The first kappa shape index (κ1) is 16.9. The quantitative estimate of drug-likeness (QED) is 0.518. The van der Waals surface area contributed by atoms with E-state index < -0.39 is 12.1 Å². The highest BCUT2D eigenvalue weighted by molar-refractivity contribution is 7.20. The van der Waals surface area contributed by atoms with Crippen LogP contribution in [0.2, 0.25) is 0 Å². The topological polar surface area (TPSA) is 72.0 Å². The molecule has 3 heterocycles. The van der Waals surface area contributed by atoms with Crippen LogP contribution < -0.4 is 5.56 Å². The van der Waals surface area contributed by atoms with E-state index in [-0.39, 0.29) is 5.56 Å². The molecular weight excluding hydrogens is 368 g/mol. The molecule has 3 aromatic heterocycles. The zero-order valence-corrected chi connectivity index (χ0v) is 16.1. The summed E-state index contributed by atoms with van der Waals surface area (Å²) >= 11 is 2.86. The number of carbonyl (C=O) groups excluding carboxylic acids is 1. The normalized spacial score (nSPS) is 12.6. The molecule has 4 rings (SSSR count). The number of aryl methyl sites for hydroxylation is 2. The summed E-state index contributed by atoms with van der Waals surface area (Å²) in [5.41, 5.74) is 0.747. The first-order valence-corrected chi connectivity index (χ1v) is 9.77. The molecule has 0 spiro atoms. The first-order chi connectivity index (χ1) is 12.4. The number of H-pyrrole nitrogens is 1. The van der Waals surface area contributed by atoms with Crippen molar-refractivity contribution in [1.82, 2.24) is 9.97 Å². The van der Waals surface area contributed by atoms with Gasteiger partial charge in [0, 0.05) is 9.58 Å². The molecule has 0 bridgehead atoms. The average Bonchev–Trinajstić information content (AvgIpc) is 3.16. The minimum absolute atomic E-state index is 0.198. The average molecular weight is 384 g/mol. The van der Waals surface area contributed by atoms with Gasteiger partial charge in [-0.3, -0.25) is 4.79 Å². The maximum Gasteiger partial charge on any atom is 0.349 e. The van der Waals surface area contributed by atoms with E-state index >= 15 is 0 Å². The summed E-state index contributed by atoms with van der Waals surface area (Å²) < 4.78 is 6.57. The van der Waals surface area contributed by atoms with Crippen LogP contribution in [0.25, 0.3) is 20.3 Å². The summed E-state index contributed by atoms with van der Waals surface area (Å²) in [5.74, 6) is -0.0572. The van der Waals surface area contributed by atoms with Gasteiger partial charge in [0.1, 0.15) is 9.71 Å². The largest absolute Gasteiger partial charge is 0.450 e. The number of esters is 1. The highest BCUT2D eigenvalue weighted by Gasteiger charge is 2.20. The zero-order chi connectivity index (χ0) is 18.4. The van der Waals surface area contributed by atoms with Crippen LogP contribution in [0, 0.1) is 13.8 Å². The van der Waals surface area contributed by atoms with Crippen LogP contribution in [0.1, 0.15) is 39.0 Å². The predicted octanol–water partition coefficient (Wildman–Crippen LogP) is 4.73. The third-order valence-electron chi connectivity index (χ3n) is 4.35. The number of benzene rings is 1. The molecule has 1 aromatic carbocycles. The summed E-state index contributed by atoms with van der Waals surface area (Å²) in [4.78, 5) is 34.4. The Morgan fingerprint density at radius 2 is 2.00 bits per heavy atom. The Kier molecular flexibility index (Phi) is 4.13. The number of fused-ring (bicyclic) bond motifs is 2. The smallest absolute Gasteiger partial charge is 0.349 e. The van der Waals surface area contributed by atoms with Crippen LogP contribution in [-0.4, -0.2) is 15.9 Å². The van der Waals surface area contributed by atoms with Gasteiger partial charge in [0.25, 0.3) is 5.56 Å². The molecule has 0 saturated heterocycles. The van der Waals surface area contributed by atoms with Crippen LogP contribution in [0.15, 0.2) is 35.1 Å². The second-order valence-electron chi connectivity index (χ2n) is 6.11. The minimum Gasteiger partial charge on any atom is -0.450 e. The molecule has 1 atom stereocenters. The summed E-state index contributed by atoms with van der Waals surface area (Å²) in [6.45, 7) is 5.59. The van der Waals surface area contributed by atoms with Gasteiger partial charge in [-0.05, 0) is 43.9 Å². The molecule has 0 saturated carbocycles. The van der Waals surface area contributed by atoms with Crippen LogP contribution in [-0.2, 0) is 4.74 Å².